The minimum atomic E-state index is -0.604. The van der Waals surface area contributed by atoms with E-state index in [1.54, 1.807) is 6.92 Å². The summed E-state index contributed by atoms with van der Waals surface area (Å²) >= 11 is 0. The minimum Gasteiger partial charge on any atom is -0.322 e. The van der Waals surface area contributed by atoms with Crippen LogP contribution in [0, 0.1) is 12.3 Å². The van der Waals surface area contributed by atoms with E-state index in [9.17, 15) is 14.4 Å². The number of hydrogen-bond donors (Lipinski definition) is 1. The van der Waals surface area contributed by atoms with Crippen LogP contribution in [0.2, 0.25) is 0 Å². The summed E-state index contributed by atoms with van der Waals surface area (Å²) in [7, 11) is 0. The number of carbonyl (C=O) groups excluding carboxylic acids is 3. The summed E-state index contributed by atoms with van der Waals surface area (Å²) in [5, 5.41) is 2.16. The van der Waals surface area contributed by atoms with Gasteiger partial charge in [-0.25, -0.2) is 0 Å². The Bertz CT molecular complexity index is 343. The molecule has 0 radical (unpaired) electrons. The zero-order valence-corrected chi connectivity index (χ0v) is 8.45. The number of amides is 3. The lowest BCUT2D eigenvalue weighted by atomic mass is 10.1. The molecule has 0 aromatic heterocycles. The monoisotopic (exact) mass is 208 g/mol. The molecule has 15 heavy (non-hydrogen) atoms. The molecule has 1 N–H and O–H groups in total. The van der Waals surface area contributed by atoms with Gasteiger partial charge in [-0.15, -0.1) is 12.3 Å². The Morgan fingerprint density at radius 2 is 2.33 bits per heavy atom. The van der Waals surface area contributed by atoms with Crippen molar-refractivity contribution in [3.05, 3.63) is 0 Å². The van der Waals surface area contributed by atoms with Gasteiger partial charge in [0.2, 0.25) is 17.7 Å². The summed E-state index contributed by atoms with van der Waals surface area (Å²) < 4.78 is 0. The largest absolute Gasteiger partial charge is 0.322 e. The molecule has 5 heteroatoms. The van der Waals surface area contributed by atoms with E-state index < -0.39 is 17.9 Å². The van der Waals surface area contributed by atoms with Gasteiger partial charge in [-0.2, -0.15) is 0 Å². The molecule has 0 aliphatic carbocycles. The summed E-state index contributed by atoms with van der Waals surface area (Å²) in [5.41, 5.74) is 0. The van der Waals surface area contributed by atoms with Crippen LogP contribution in [0.4, 0.5) is 0 Å². The smallest absolute Gasteiger partial charge is 0.249 e. The van der Waals surface area contributed by atoms with Crippen molar-refractivity contribution in [1.82, 2.24) is 10.2 Å². The maximum Gasteiger partial charge on any atom is 0.249 e. The first-order valence-corrected chi connectivity index (χ1v) is 4.63. The minimum absolute atomic E-state index is 0.0731. The molecule has 1 fully saturated rings. The van der Waals surface area contributed by atoms with E-state index in [2.05, 4.69) is 11.2 Å². The Labute approximate surface area is 87.8 Å². The van der Waals surface area contributed by atoms with E-state index in [0.29, 0.717) is 6.42 Å². The quantitative estimate of drug-likeness (QED) is 0.480. The fourth-order valence-corrected chi connectivity index (χ4v) is 1.34. The maximum atomic E-state index is 11.6. The molecule has 0 saturated carbocycles. The van der Waals surface area contributed by atoms with Crippen LogP contribution in [0.15, 0.2) is 0 Å². The molecule has 1 unspecified atom stereocenters. The molecule has 5 nitrogen and oxygen atoms in total. The Morgan fingerprint density at radius 3 is 2.93 bits per heavy atom. The van der Waals surface area contributed by atoms with Crippen LogP contribution in [0.3, 0.4) is 0 Å². The molecular formula is C10H12N2O3. The normalized spacial score (nSPS) is 20.8. The highest BCUT2D eigenvalue weighted by atomic mass is 16.2. The van der Waals surface area contributed by atoms with E-state index in [0.717, 1.165) is 0 Å². The van der Waals surface area contributed by atoms with Crippen molar-refractivity contribution in [2.75, 3.05) is 6.54 Å². The van der Waals surface area contributed by atoms with Gasteiger partial charge in [0.1, 0.15) is 12.6 Å². The standard InChI is InChI=1S/C10H12N2O3/c1-3-4-5-9(14)12-6-8(13)11-10(15)7(12)2/h1,7H,4-6H2,2H3,(H,11,13,15). The Morgan fingerprint density at radius 1 is 1.67 bits per heavy atom. The third-order valence-corrected chi connectivity index (χ3v) is 2.23. The predicted molar refractivity (Wildman–Crippen MR) is 52.4 cm³/mol. The van der Waals surface area contributed by atoms with Gasteiger partial charge < -0.3 is 4.90 Å². The van der Waals surface area contributed by atoms with E-state index in [4.69, 9.17) is 6.42 Å². The first-order valence-electron chi connectivity index (χ1n) is 4.63. The first-order chi connectivity index (χ1) is 7.06. The van der Waals surface area contributed by atoms with E-state index >= 15 is 0 Å². The molecule has 3 amide bonds. The lowest BCUT2D eigenvalue weighted by Gasteiger charge is -2.31. The van der Waals surface area contributed by atoms with Gasteiger partial charge in [-0.1, -0.05) is 0 Å². The molecule has 1 aliphatic heterocycles. The third kappa shape index (κ3) is 2.56. The first kappa shape index (κ1) is 11.2. The SMILES string of the molecule is C#CCCC(=O)N1CC(=O)NC(=O)C1C. The Balaban J connectivity index is 2.67. The summed E-state index contributed by atoms with van der Waals surface area (Å²) in [6.45, 7) is 1.51. The van der Waals surface area contributed by atoms with Crippen molar-refractivity contribution in [3.63, 3.8) is 0 Å². The van der Waals surface area contributed by atoms with Gasteiger partial charge >= 0.3 is 0 Å². The van der Waals surface area contributed by atoms with Crippen LogP contribution >= 0.6 is 0 Å². The Hall–Kier alpha value is -1.83. The van der Waals surface area contributed by atoms with Crippen molar-refractivity contribution >= 4 is 17.7 Å². The van der Waals surface area contributed by atoms with Crippen LogP contribution in [0.25, 0.3) is 0 Å². The lowest BCUT2D eigenvalue weighted by Crippen LogP contribution is -2.58. The highest BCUT2D eigenvalue weighted by Crippen LogP contribution is 2.07. The van der Waals surface area contributed by atoms with Crippen LogP contribution in [0.1, 0.15) is 19.8 Å². The number of nitrogens with one attached hydrogen (secondary N) is 1. The number of piperazine rings is 1. The second-order valence-electron chi connectivity index (χ2n) is 3.31. The molecule has 1 saturated heterocycles. The fourth-order valence-electron chi connectivity index (χ4n) is 1.34. The average molecular weight is 208 g/mol. The summed E-state index contributed by atoms with van der Waals surface area (Å²) in [4.78, 5) is 35.1. The van der Waals surface area contributed by atoms with Gasteiger partial charge in [0.05, 0.1) is 0 Å². The van der Waals surface area contributed by atoms with E-state index in [-0.39, 0.29) is 18.9 Å². The molecule has 80 valence electrons. The third-order valence-electron chi connectivity index (χ3n) is 2.23. The van der Waals surface area contributed by atoms with Crippen LogP contribution < -0.4 is 5.32 Å². The highest BCUT2D eigenvalue weighted by Gasteiger charge is 2.32. The molecule has 0 bridgehead atoms. The molecule has 1 rings (SSSR count). The van der Waals surface area contributed by atoms with Gasteiger partial charge in [0.25, 0.3) is 0 Å². The van der Waals surface area contributed by atoms with Crippen molar-refractivity contribution < 1.29 is 14.4 Å². The molecule has 0 spiro atoms. The van der Waals surface area contributed by atoms with Gasteiger partial charge in [-0.05, 0) is 6.92 Å². The van der Waals surface area contributed by atoms with Crippen LogP contribution in [0.5, 0.6) is 0 Å². The molecule has 0 aromatic carbocycles. The zero-order chi connectivity index (χ0) is 11.4. The molecule has 1 heterocycles. The van der Waals surface area contributed by atoms with Crippen molar-refractivity contribution in [2.45, 2.75) is 25.8 Å². The molecule has 1 aliphatic rings. The number of hydrogen-bond acceptors (Lipinski definition) is 3. The van der Waals surface area contributed by atoms with Gasteiger partial charge in [0.15, 0.2) is 0 Å². The van der Waals surface area contributed by atoms with Gasteiger partial charge in [0, 0.05) is 12.8 Å². The van der Waals surface area contributed by atoms with Crippen molar-refractivity contribution in [1.29, 1.82) is 0 Å². The predicted octanol–water partition coefficient (Wildman–Crippen LogP) is -0.727. The number of carbonyl (C=O) groups is 3. The molecule has 1 atom stereocenters. The van der Waals surface area contributed by atoms with E-state index in [1.165, 1.54) is 4.90 Å². The molecule has 0 aromatic rings. The summed E-state index contributed by atoms with van der Waals surface area (Å²) in [6.07, 6.45) is 5.51. The van der Waals surface area contributed by atoms with Crippen LogP contribution in [-0.4, -0.2) is 35.2 Å². The number of nitrogens with zero attached hydrogens (tertiary/aromatic N) is 1. The second-order valence-corrected chi connectivity index (χ2v) is 3.31. The second kappa shape index (κ2) is 4.60. The number of terminal acetylenes is 1. The zero-order valence-electron chi connectivity index (χ0n) is 8.45. The molecular weight excluding hydrogens is 196 g/mol. The van der Waals surface area contributed by atoms with E-state index in [1.807, 2.05) is 0 Å². The lowest BCUT2D eigenvalue weighted by molar-refractivity contribution is -0.149. The number of imide groups is 1. The Kier molecular flexibility index (Phi) is 3.45. The fraction of sp³-hybridized carbons (Fsp3) is 0.500. The average Bonchev–Trinajstić information content (AvgIpc) is 2.19. The number of rotatable bonds is 2. The van der Waals surface area contributed by atoms with Crippen LogP contribution in [-0.2, 0) is 14.4 Å². The van der Waals surface area contributed by atoms with Gasteiger partial charge in [-0.3, -0.25) is 19.7 Å². The topological polar surface area (TPSA) is 66.5 Å². The highest BCUT2D eigenvalue weighted by molar-refractivity contribution is 6.04. The van der Waals surface area contributed by atoms with Crippen molar-refractivity contribution in [2.24, 2.45) is 0 Å². The summed E-state index contributed by atoms with van der Waals surface area (Å²) in [5.74, 6) is 1.19. The maximum absolute atomic E-state index is 11.6. The van der Waals surface area contributed by atoms with Crippen molar-refractivity contribution in [3.8, 4) is 12.3 Å². The summed E-state index contributed by atoms with van der Waals surface area (Å²) in [6, 6.07) is -0.604.